The van der Waals surface area contributed by atoms with Gasteiger partial charge in [-0.2, -0.15) is 0 Å². The number of benzene rings is 2. The first-order chi connectivity index (χ1) is 11.4. The minimum atomic E-state index is -0.0131. The van der Waals surface area contributed by atoms with Gasteiger partial charge >= 0.3 is 0 Å². The van der Waals surface area contributed by atoms with Crippen LogP contribution in [0.2, 0.25) is 0 Å². The molecular formula is C20H24N2O2. The number of carbonyl (C=O) groups excluding carboxylic acids is 1. The molecule has 0 aromatic heterocycles. The number of hydrogen-bond acceptors (Lipinski definition) is 3. The molecule has 1 aliphatic rings. The van der Waals surface area contributed by atoms with E-state index < -0.39 is 0 Å². The number of hydrogen-bond donors (Lipinski definition) is 1. The van der Waals surface area contributed by atoms with Crippen LogP contribution in [0, 0.1) is 19.8 Å². The number of nitrogen functional groups attached to an aromatic ring is 1. The summed E-state index contributed by atoms with van der Waals surface area (Å²) in [7, 11) is 0. The molecule has 2 aromatic carbocycles. The van der Waals surface area contributed by atoms with Crippen molar-refractivity contribution in [3.8, 4) is 5.75 Å². The fraction of sp³-hybridized carbons (Fsp3) is 0.350. The average Bonchev–Trinajstić information content (AvgIpc) is 2.90. The Bertz CT molecular complexity index is 757. The summed E-state index contributed by atoms with van der Waals surface area (Å²) in [6.45, 7) is 7.41. The SMILES string of the molecule is Cc1ccc(C)c(C(=O)N2CC(C)C(Oc3cccc(N)c3)C2)c1. The molecule has 126 valence electrons. The van der Waals surface area contributed by atoms with E-state index in [2.05, 4.69) is 6.92 Å². The average molecular weight is 324 g/mol. The van der Waals surface area contributed by atoms with Crippen molar-refractivity contribution in [3.05, 3.63) is 59.2 Å². The molecule has 1 fully saturated rings. The molecular weight excluding hydrogens is 300 g/mol. The minimum Gasteiger partial charge on any atom is -0.488 e. The lowest BCUT2D eigenvalue weighted by atomic mass is 10.0. The molecule has 2 atom stereocenters. The second kappa shape index (κ2) is 6.56. The Morgan fingerprint density at radius 1 is 1.17 bits per heavy atom. The van der Waals surface area contributed by atoms with Gasteiger partial charge in [0.15, 0.2) is 0 Å². The molecule has 0 spiro atoms. The maximum atomic E-state index is 12.9. The first-order valence-electron chi connectivity index (χ1n) is 8.33. The van der Waals surface area contributed by atoms with Gasteiger partial charge in [-0.3, -0.25) is 4.79 Å². The topological polar surface area (TPSA) is 55.6 Å². The van der Waals surface area contributed by atoms with Crippen molar-refractivity contribution in [3.63, 3.8) is 0 Å². The zero-order chi connectivity index (χ0) is 17.3. The predicted molar refractivity (Wildman–Crippen MR) is 96.3 cm³/mol. The van der Waals surface area contributed by atoms with Crippen molar-refractivity contribution in [2.45, 2.75) is 26.9 Å². The number of nitrogens with zero attached hydrogens (tertiary/aromatic N) is 1. The van der Waals surface area contributed by atoms with Crippen LogP contribution < -0.4 is 10.5 Å². The van der Waals surface area contributed by atoms with E-state index >= 15 is 0 Å². The zero-order valence-electron chi connectivity index (χ0n) is 14.5. The fourth-order valence-corrected chi connectivity index (χ4v) is 3.16. The molecule has 24 heavy (non-hydrogen) atoms. The summed E-state index contributed by atoms with van der Waals surface area (Å²) in [6, 6.07) is 13.4. The van der Waals surface area contributed by atoms with E-state index in [1.54, 1.807) is 0 Å². The Morgan fingerprint density at radius 3 is 2.71 bits per heavy atom. The Balaban J connectivity index is 1.73. The molecule has 1 aliphatic heterocycles. The van der Waals surface area contributed by atoms with Gasteiger partial charge in [0.25, 0.3) is 5.91 Å². The number of aryl methyl sites for hydroxylation is 2. The fourth-order valence-electron chi connectivity index (χ4n) is 3.16. The lowest BCUT2D eigenvalue weighted by molar-refractivity contribution is 0.0771. The van der Waals surface area contributed by atoms with Crippen LogP contribution in [0.4, 0.5) is 5.69 Å². The summed E-state index contributed by atoms with van der Waals surface area (Å²) in [5.41, 5.74) is 9.38. The number of anilines is 1. The van der Waals surface area contributed by atoms with E-state index in [1.807, 2.05) is 61.2 Å². The van der Waals surface area contributed by atoms with Crippen LogP contribution in [0.3, 0.4) is 0 Å². The molecule has 3 rings (SSSR count). The molecule has 0 saturated carbocycles. The van der Waals surface area contributed by atoms with Crippen molar-refractivity contribution < 1.29 is 9.53 Å². The van der Waals surface area contributed by atoms with Crippen LogP contribution in [0.5, 0.6) is 5.75 Å². The van der Waals surface area contributed by atoms with Crippen molar-refractivity contribution >= 4 is 11.6 Å². The lowest BCUT2D eigenvalue weighted by Gasteiger charge is -2.19. The summed E-state index contributed by atoms with van der Waals surface area (Å²) in [4.78, 5) is 14.8. The van der Waals surface area contributed by atoms with E-state index in [0.29, 0.717) is 18.8 Å². The Labute approximate surface area is 143 Å². The van der Waals surface area contributed by atoms with Crippen LogP contribution in [0.1, 0.15) is 28.4 Å². The third-order valence-electron chi connectivity index (χ3n) is 4.60. The summed E-state index contributed by atoms with van der Waals surface area (Å²) in [6.07, 6.45) is -0.0131. The highest BCUT2D eigenvalue weighted by atomic mass is 16.5. The van der Waals surface area contributed by atoms with E-state index in [1.165, 1.54) is 0 Å². The second-order valence-electron chi connectivity index (χ2n) is 6.73. The number of ether oxygens (including phenoxy) is 1. The normalized spacial score (nSPS) is 20.2. The third-order valence-corrected chi connectivity index (χ3v) is 4.60. The van der Waals surface area contributed by atoms with Crippen LogP contribution in [-0.2, 0) is 0 Å². The van der Waals surface area contributed by atoms with E-state index in [4.69, 9.17) is 10.5 Å². The molecule has 1 amide bonds. The molecule has 1 saturated heterocycles. The smallest absolute Gasteiger partial charge is 0.254 e. The van der Waals surface area contributed by atoms with Gasteiger partial charge in [0, 0.05) is 29.8 Å². The molecule has 1 heterocycles. The number of nitrogens with two attached hydrogens (primary N) is 1. The molecule has 2 aromatic rings. The van der Waals surface area contributed by atoms with Crippen molar-refractivity contribution in [2.24, 2.45) is 5.92 Å². The van der Waals surface area contributed by atoms with Gasteiger partial charge < -0.3 is 15.4 Å². The van der Waals surface area contributed by atoms with Crippen LogP contribution in [0.15, 0.2) is 42.5 Å². The van der Waals surface area contributed by atoms with Crippen molar-refractivity contribution in [1.82, 2.24) is 4.90 Å². The Hall–Kier alpha value is -2.49. The second-order valence-corrected chi connectivity index (χ2v) is 6.73. The molecule has 4 heteroatoms. The van der Waals surface area contributed by atoms with Crippen molar-refractivity contribution in [2.75, 3.05) is 18.8 Å². The lowest BCUT2D eigenvalue weighted by Crippen LogP contribution is -2.31. The van der Waals surface area contributed by atoms with Gasteiger partial charge in [-0.15, -0.1) is 0 Å². The number of rotatable bonds is 3. The summed E-state index contributed by atoms with van der Waals surface area (Å²) in [5, 5.41) is 0. The third kappa shape index (κ3) is 3.37. The van der Waals surface area contributed by atoms with Crippen LogP contribution >= 0.6 is 0 Å². The number of carbonyl (C=O) groups is 1. The molecule has 2 N–H and O–H groups in total. The highest BCUT2D eigenvalue weighted by molar-refractivity contribution is 5.96. The molecule has 0 bridgehead atoms. The minimum absolute atomic E-state index is 0.0131. The highest BCUT2D eigenvalue weighted by Crippen LogP contribution is 2.26. The van der Waals surface area contributed by atoms with Crippen LogP contribution in [0.25, 0.3) is 0 Å². The summed E-state index contributed by atoms with van der Waals surface area (Å²) in [5.74, 6) is 1.12. The summed E-state index contributed by atoms with van der Waals surface area (Å²) >= 11 is 0. The van der Waals surface area contributed by atoms with Gasteiger partial charge in [0.05, 0.1) is 6.54 Å². The van der Waals surface area contributed by atoms with E-state index in [-0.39, 0.29) is 17.9 Å². The largest absolute Gasteiger partial charge is 0.488 e. The number of amides is 1. The van der Waals surface area contributed by atoms with Gasteiger partial charge in [-0.1, -0.05) is 30.7 Å². The summed E-state index contributed by atoms with van der Waals surface area (Å²) < 4.78 is 6.06. The first kappa shape index (κ1) is 16.4. The Kier molecular flexibility index (Phi) is 4.47. The van der Waals surface area contributed by atoms with Crippen LogP contribution in [-0.4, -0.2) is 30.0 Å². The van der Waals surface area contributed by atoms with E-state index in [9.17, 15) is 4.79 Å². The molecule has 2 unspecified atom stereocenters. The quantitative estimate of drug-likeness (QED) is 0.880. The maximum Gasteiger partial charge on any atom is 0.254 e. The zero-order valence-corrected chi connectivity index (χ0v) is 14.5. The molecule has 0 aliphatic carbocycles. The Morgan fingerprint density at radius 2 is 1.96 bits per heavy atom. The van der Waals surface area contributed by atoms with Gasteiger partial charge in [-0.25, -0.2) is 0 Å². The van der Waals surface area contributed by atoms with Gasteiger partial charge in [-0.05, 0) is 37.6 Å². The first-order valence-corrected chi connectivity index (χ1v) is 8.33. The number of likely N-dealkylation sites (tertiary alicyclic amines) is 1. The monoisotopic (exact) mass is 324 g/mol. The van der Waals surface area contributed by atoms with Gasteiger partial charge in [0.2, 0.25) is 0 Å². The van der Waals surface area contributed by atoms with Crippen molar-refractivity contribution in [1.29, 1.82) is 0 Å². The predicted octanol–water partition coefficient (Wildman–Crippen LogP) is 3.43. The molecule has 4 nitrogen and oxygen atoms in total. The maximum absolute atomic E-state index is 12.9. The molecule has 0 radical (unpaired) electrons. The van der Waals surface area contributed by atoms with E-state index in [0.717, 1.165) is 22.4 Å². The van der Waals surface area contributed by atoms with Gasteiger partial charge in [0.1, 0.15) is 11.9 Å². The standard InChI is InChI=1S/C20H24N2O2/c1-13-7-8-14(2)18(9-13)20(23)22-11-15(3)19(12-22)24-17-6-4-5-16(21)10-17/h4-10,15,19H,11-12,21H2,1-3H3. The highest BCUT2D eigenvalue weighted by Gasteiger charge is 2.34.